The van der Waals surface area contributed by atoms with Crippen molar-refractivity contribution < 1.29 is 44.9 Å². The molecule has 0 aliphatic carbocycles. The maximum absolute atomic E-state index is 14.5. The molecule has 10 heteroatoms. The summed E-state index contributed by atoms with van der Waals surface area (Å²) in [5.74, 6) is -10.4. The summed E-state index contributed by atoms with van der Waals surface area (Å²) in [5, 5.41) is 0. The Morgan fingerprint density at radius 3 is 2.14 bits per heavy atom. The molecule has 36 heavy (non-hydrogen) atoms. The van der Waals surface area contributed by atoms with Gasteiger partial charge in [0.15, 0.2) is 29.0 Å². The van der Waals surface area contributed by atoms with Gasteiger partial charge in [0.1, 0.15) is 17.9 Å². The molecule has 3 aromatic carbocycles. The van der Waals surface area contributed by atoms with Crippen molar-refractivity contribution >= 4 is 0 Å². The van der Waals surface area contributed by atoms with Crippen LogP contribution in [0.1, 0.15) is 42.6 Å². The highest BCUT2D eigenvalue weighted by Gasteiger charge is 2.40. The maximum atomic E-state index is 14.5. The highest BCUT2D eigenvalue weighted by Crippen LogP contribution is 2.37. The van der Waals surface area contributed by atoms with Gasteiger partial charge in [0.05, 0.1) is 6.10 Å². The maximum Gasteiger partial charge on any atom is 0.429 e. The Hall–Kier alpha value is -3.27. The van der Waals surface area contributed by atoms with Crippen molar-refractivity contribution in [2.45, 2.75) is 38.6 Å². The van der Waals surface area contributed by atoms with E-state index in [9.17, 15) is 30.7 Å². The molecule has 1 saturated heterocycles. The third-order valence-corrected chi connectivity index (χ3v) is 5.81. The number of hydrogen-bond acceptors (Lipinski definition) is 3. The number of rotatable bonds is 7. The lowest BCUT2D eigenvalue weighted by atomic mass is 9.95. The quantitative estimate of drug-likeness (QED) is 0.240. The Morgan fingerprint density at radius 1 is 0.861 bits per heavy atom. The molecule has 1 heterocycles. The molecule has 2 unspecified atom stereocenters. The Kier molecular flexibility index (Phi) is 7.44. The lowest BCUT2D eigenvalue weighted by Crippen LogP contribution is -2.24. The van der Waals surface area contributed by atoms with Crippen LogP contribution in [0.2, 0.25) is 0 Å². The van der Waals surface area contributed by atoms with Crippen LogP contribution in [0.5, 0.6) is 11.5 Å². The van der Waals surface area contributed by atoms with Crippen LogP contribution in [0.4, 0.5) is 30.7 Å². The van der Waals surface area contributed by atoms with E-state index in [1.54, 1.807) is 12.1 Å². The number of halogens is 7. The normalized spacial score (nSPS) is 18.2. The topological polar surface area (TPSA) is 27.7 Å². The van der Waals surface area contributed by atoms with Crippen LogP contribution < -0.4 is 9.47 Å². The van der Waals surface area contributed by atoms with Gasteiger partial charge in [-0.15, -0.1) is 0 Å². The minimum absolute atomic E-state index is 0.0120. The first-order valence-electron chi connectivity index (χ1n) is 11.1. The molecule has 0 aromatic heterocycles. The van der Waals surface area contributed by atoms with Crippen molar-refractivity contribution in [3.05, 3.63) is 94.3 Å². The zero-order chi connectivity index (χ0) is 26.0. The first-order chi connectivity index (χ1) is 17.0. The molecule has 0 bridgehead atoms. The van der Waals surface area contributed by atoms with Crippen molar-refractivity contribution in [3.63, 3.8) is 0 Å². The standard InChI is InChI=1S/C26H21F7O3/c1-14-2-8-21(34-12-14)16-5-3-15(4-6-16)13-35-22-9-7-18(23(29)25(22)31)26(32,33)36-17-10-19(27)24(30)20(28)11-17/h3-7,9-11,14,21H,2,8,12-13H2,1H3. The van der Waals surface area contributed by atoms with E-state index in [0.717, 1.165) is 24.5 Å². The second kappa shape index (κ2) is 10.4. The number of hydrogen-bond donors (Lipinski definition) is 0. The minimum atomic E-state index is -4.53. The third-order valence-electron chi connectivity index (χ3n) is 5.81. The van der Waals surface area contributed by atoms with Crippen molar-refractivity contribution in [2.24, 2.45) is 5.92 Å². The smallest absolute Gasteiger partial charge is 0.429 e. The summed E-state index contributed by atoms with van der Waals surface area (Å²) < 4.78 is 113. The molecule has 0 spiro atoms. The van der Waals surface area contributed by atoms with Crippen molar-refractivity contribution in [3.8, 4) is 11.5 Å². The predicted molar refractivity (Wildman–Crippen MR) is 115 cm³/mol. The van der Waals surface area contributed by atoms with Gasteiger partial charge in [-0.2, -0.15) is 13.2 Å². The van der Waals surface area contributed by atoms with Gasteiger partial charge in [0.2, 0.25) is 5.82 Å². The van der Waals surface area contributed by atoms with Gasteiger partial charge < -0.3 is 14.2 Å². The summed E-state index contributed by atoms with van der Waals surface area (Å²) in [5.41, 5.74) is 0.0693. The fourth-order valence-corrected chi connectivity index (χ4v) is 3.80. The van der Waals surface area contributed by atoms with Crippen molar-refractivity contribution in [2.75, 3.05) is 6.61 Å². The van der Waals surface area contributed by atoms with Crippen LogP contribution in [-0.2, 0) is 17.5 Å². The van der Waals surface area contributed by atoms with Crippen molar-refractivity contribution in [1.29, 1.82) is 0 Å². The first-order valence-corrected chi connectivity index (χ1v) is 11.1. The molecule has 3 aromatic rings. The molecular weight excluding hydrogens is 493 g/mol. The van der Waals surface area contributed by atoms with E-state index in [1.807, 2.05) is 12.1 Å². The number of benzene rings is 3. The fraction of sp³-hybridized carbons (Fsp3) is 0.308. The molecule has 0 amide bonds. The summed E-state index contributed by atoms with van der Waals surface area (Å²) in [4.78, 5) is 0. The molecule has 4 rings (SSSR count). The lowest BCUT2D eigenvalue weighted by Gasteiger charge is -2.27. The fourth-order valence-electron chi connectivity index (χ4n) is 3.80. The van der Waals surface area contributed by atoms with Crippen LogP contribution >= 0.6 is 0 Å². The minimum Gasteiger partial charge on any atom is -0.486 e. The van der Waals surface area contributed by atoms with E-state index < -0.39 is 52.3 Å². The Bertz CT molecular complexity index is 1200. The van der Waals surface area contributed by atoms with Gasteiger partial charge in [-0.3, -0.25) is 0 Å². The second-order valence-electron chi connectivity index (χ2n) is 8.59. The van der Waals surface area contributed by atoms with Crippen LogP contribution in [-0.4, -0.2) is 6.61 Å². The molecule has 1 fully saturated rings. The molecule has 1 aliphatic rings. The van der Waals surface area contributed by atoms with Gasteiger partial charge in [-0.05, 0) is 42.0 Å². The Morgan fingerprint density at radius 2 is 1.53 bits per heavy atom. The van der Waals surface area contributed by atoms with E-state index in [4.69, 9.17) is 9.47 Å². The predicted octanol–water partition coefficient (Wildman–Crippen LogP) is 7.58. The van der Waals surface area contributed by atoms with Gasteiger partial charge in [0, 0.05) is 18.7 Å². The molecule has 2 atom stereocenters. The number of ether oxygens (including phenoxy) is 3. The van der Waals surface area contributed by atoms with E-state index in [2.05, 4.69) is 11.7 Å². The molecule has 3 nitrogen and oxygen atoms in total. The Balaban J connectivity index is 1.43. The molecule has 0 radical (unpaired) electrons. The largest absolute Gasteiger partial charge is 0.486 e. The summed E-state index contributed by atoms with van der Waals surface area (Å²) in [6.07, 6.45) is -2.59. The average Bonchev–Trinajstić information content (AvgIpc) is 2.84. The second-order valence-corrected chi connectivity index (χ2v) is 8.59. The SMILES string of the molecule is CC1CCC(c2ccc(COc3ccc(C(F)(F)Oc4cc(F)c(F)c(F)c4)c(F)c3F)cc2)OC1. The zero-order valence-electron chi connectivity index (χ0n) is 19.0. The van der Waals surface area contributed by atoms with Crippen LogP contribution in [0.15, 0.2) is 48.5 Å². The summed E-state index contributed by atoms with van der Waals surface area (Å²) in [6.45, 7) is 2.63. The zero-order valence-corrected chi connectivity index (χ0v) is 19.0. The van der Waals surface area contributed by atoms with E-state index in [-0.39, 0.29) is 24.8 Å². The highest BCUT2D eigenvalue weighted by atomic mass is 19.3. The van der Waals surface area contributed by atoms with Crippen LogP contribution in [0, 0.1) is 35.0 Å². The summed E-state index contributed by atoms with van der Waals surface area (Å²) in [6, 6.07) is 8.78. The highest BCUT2D eigenvalue weighted by molar-refractivity contribution is 5.34. The van der Waals surface area contributed by atoms with Crippen LogP contribution in [0.3, 0.4) is 0 Å². The van der Waals surface area contributed by atoms with Crippen molar-refractivity contribution in [1.82, 2.24) is 0 Å². The van der Waals surface area contributed by atoms with Gasteiger partial charge >= 0.3 is 6.11 Å². The van der Waals surface area contributed by atoms with Gasteiger partial charge in [-0.25, -0.2) is 17.6 Å². The van der Waals surface area contributed by atoms with Gasteiger partial charge in [0.25, 0.3) is 0 Å². The molecule has 0 saturated carbocycles. The Labute approximate surface area is 202 Å². The van der Waals surface area contributed by atoms with E-state index in [0.29, 0.717) is 24.2 Å². The first kappa shape index (κ1) is 25.8. The van der Waals surface area contributed by atoms with E-state index in [1.165, 1.54) is 0 Å². The molecular formula is C26H21F7O3. The number of alkyl halides is 2. The van der Waals surface area contributed by atoms with Crippen LogP contribution in [0.25, 0.3) is 0 Å². The monoisotopic (exact) mass is 514 g/mol. The van der Waals surface area contributed by atoms with Gasteiger partial charge in [-0.1, -0.05) is 31.2 Å². The molecule has 192 valence electrons. The molecule has 0 N–H and O–H groups in total. The lowest BCUT2D eigenvalue weighted by molar-refractivity contribution is -0.188. The summed E-state index contributed by atoms with van der Waals surface area (Å²) in [7, 11) is 0. The third kappa shape index (κ3) is 5.59. The summed E-state index contributed by atoms with van der Waals surface area (Å²) >= 11 is 0. The molecule has 1 aliphatic heterocycles. The van der Waals surface area contributed by atoms with E-state index >= 15 is 0 Å². The average molecular weight is 514 g/mol.